The molecule has 0 aromatic heterocycles. The molecule has 49 heavy (non-hydrogen) atoms. The van der Waals surface area contributed by atoms with Crippen LogP contribution in [0.4, 0.5) is 0 Å². The number of fused-ring (bicyclic) bond motifs is 6. The number of nitrogens with zero attached hydrogens (tertiary/aromatic N) is 1. The fourth-order valence-corrected chi connectivity index (χ4v) is 7.33. The number of benzene rings is 7. The van der Waals surface area contributed by atoms with Gasteiger partial charge in [0.25, 0.3) is 0 Å². The number of allylic oxidation sites excluding steroid dienone is 7. The molecule has 1 heteroatoms. The van der Waals surface area contributed by atoms with Crippen molar-refractivity contribution in [2.75, 3.05) is 0 Å². The van der Waals surface area contributed by atoms with E-state index >= 15 is 0 Å². The second-order valence-electron chi connectivity index (χ2n) is 12.7. The van der Waals surface area contributed by atoms with Crippen molar-refractivity contribution in [2.45, 2.75) is 20.8 Å². The van der Waals surface area contributed by atoms with Crippen LogP contribution in [-0.2, 0) is 0 Å². The molecule has 0 N–H and O–H groups in total. The molecule has 0 unspecified atom stereocenters. The summed E-state index contributed by atoms with van der Waals surface area (Å²) in [7, 11) is 0. The van der Waals surface area contributed by atoms with Crippen LogP contribution >= 0.6 is 0 Å². The standard InChI is InChI=1S/C48H37N/c1-4-46(35-27-25-34(26-28-35)39-23-14-15-32(2)48(39)36-16-6-5-7-17-36)49-47-24-13-12-18-38(47)33(3)37-29-30-44-42-21-9-8-19-40(42)41-20-10-11-22-43(41)45(44)31-37/h4-31H,1-3H3/b38-33+,46-4-,49-47+. The van der Waals surface area contributed by atoms with Gasteiger partial charge in [-0.05, 0) is 110 Å². The molecule has 0 aliphatic heterocycles. The Balaban J connectivity index is 1.17. The normalized spacial score (nSPS) is 15.1. The average Bonchev–Trinajstić information content (AvgIpc) is 3.17. The van der Waals surface area contributed by atoms with Crippen molar-refractivity contribution in [2.24, 2.45) is 4.99 Å². The first-order chi connectivity index (χ1) is 24.1. The zero-order valence-electron chi connectivity index (χ0n) is 28.1. The van der Waals surface area contributed by atoms with E-state index in [1.807, 2.05) is 0 Å². The molecule has 0 saturated heterocycles. The minimum atomic E-state index is 0.954. The van der Waals surface area contributed by atoms with E-state index < -0.39 is 0 Å². The van der Waals surface area contributed by atoms with Gasteiger partial charge >= 0.3 is 0 Å². The van der Waals surface area contributed by atoms with Gasteiger partial charge in [-0.3, -0.25) is 0 Å². The monoisotopic (exact) mass is 627 g/mol. The Morgan fingerprint density at radius 1 is 0.531 bits per heavy atom. The van der Waals surface area contributed by atoms with Crippen LogP contribution in [0.2, 0.25) is 0 Å². The number of aryl methyl sites for hydroxylation is 1. The predicted molar refractivity (Wildman–Crippen MR) is 213 cm³/mol. The van der Waals surface area contributed by atoms with E-state index in [1.54, 1.807) is 0 Å². The van der Waals surface area contributed by atoms with Crippen LogP contribution in [0.1, 0.15) is 30.5 Å². The SMILES string of the molecule is C\C=C(/N=C1\C=CC=C\C1=C(\C)c1ccc2c3ccccc3c3ccccc3c2c1)c1ccc(-c2cccc(C)c2-c2ccccc2)cc1. The molecule has 0 saturated carbocycles. The van der Waals surface area contributed by atoms with Crippen molar-refractivity contribution in [3.63, 3.8) is 0 Å². The minimum absolute atomic E-state index is 0.954. The Morgan fingerprint density at radius 3 is 1.80 bits per heavy atom. The highest BCUT2D eigenvalue weighted by Gasteiger charge is 2.15. The van der Waals surface area contributed by atoms with Crippen LogP contribution in [0.25, 0.3) is 65.8 Å². The van der Waals surface area contributed by atoms with Gasteiger partial charge in [0.05, 0.1) is 11.4 Å². The van der Waals surface area contributed by atoms with Crippen LogP contribution in [-0.4, -0.2) is 5.71 Å². The lowest BCUT2D eigenvalue weighted by Gasteiger charge is -2.16. The second kappa shape index (κ2) is 12.9. The van der Waals surface area contributed by atoms with Gasteiger partial charge in [0, 0.05) is 5.57 Å². The van der Waals surface area contributed by atoms with E-state index in [9.17, 15) is 0 Å². The quantitative estimate of drug-likeness (QED) is 0.168. The maximum absolute atomic E-state index is 5.27. The Kier molecular flexibility index (Phi) is 7.95. The molecule has 1 nitrogen and oxygen atoms in total. The summed E-state index contributed by atoms with van der Waals surface area (Å²) in [4.78, 5) is 5.27. The lowest BCUT2D eigenvalue weighted by molar-refractivity contribution is 1.44. The molecule has 0 radical (unpaired) electrons. The summed E-state index contributed by atoms with van der Waals surface area (Å²) in [5, 5.41) is 7.72. The molecule has 0 amide bonds. The van der Waals surface area contributed by atoms with Crippen molar-refractivity contribution in [3.8, 4) is 22.3 Å². The van der Waals surface area contributed by atoms with Gasteiger partial charge in [-0.15, -0.1) is 0 Å². The second-order valence-corrected chi connectivity index (χ2v) is 12.7. The van der Waals surface area contributed by atoms with Crippen LogP contribution in [0.3, 0.4) is 0 Å². The van der Waals surface area contributed by atoms with E-state index in [4.69, 9.17) is 4.99 Å². The topological polar surface area (TPSA) is 12.4 Å². The fraction of sp³-hybridized carbons (Fsp3) is 0.0625. The highest BCUT2D eigenvalue weighted by Crippen LogP contribution is 2.38. The van der Waals surface area contributed by atoms with Gasteiger partial charge in [-0.1, -0.05) is 158 Å². The molecule has 7 aromatic rings. The van der Waals surface area contributed by atoms with Gasteiger partial charge < -0.3 is 0 Å². The first-order valence-corrected chi connectivity index (χ1v) is 17.0. The lowest BCUT2D eigenvalue weighted by Crippen LogP contribution is -2.04. The Morgan fingerprint density at radius 2 is 1.12 bits per heavy atom. The van der Waals surface area contributed by atoms with Crippen molar-refractivity contribution < 1.29 is 0 Å². The van der Waals surface area contributed by atoms with Gasteiger partial charge in [0.1, 0.15) is 0 Å². The Bertz CT molecular complexity index is 2500. The highest BCUT2D eigenvalue weighted by molar-refractivity contribution is 6.26. The summed E-state index contributed by atoms with van der Waals surface area (Å²) in [6, 6.07) is 50.5. The molecule has 0 atom stereocenters. The van der Waals surface area contributed by atoms with E-state index in [1.165, 1.54) is 71.3 Å². The molecule has 1 aliphatic rings. The number of aliphatic imine (C=N–C) groups is 1. The Hall–Kier alpha value is -6.05. The third kappa shape index (κ3) is 5.54. The first kappa shape index (κ1) is 30.3. The highest BCUT2D eigenvalue weighted by atomic mass is 14.8. The lowest BCUT2D eigenvalue weighted by atomic mass is 9.90. The van der Waals surface area contributed by atoms with Crippen molar-refractivity contribution in [1.29, 1.82) is 0 Å². The smallest absolute Gasteiger partial charge is 0.0712 e. The number of hydrogen-bond donors (Lipinski definition) is 0. The molecule has 0 spiro atoms. The first-order valence-electron chi connectivity index (χ1n) is 17.0. The number of hydrogen-bond acceptors (Lipinski definition) is 1. The molecule has 8 rings (SSSR count). The van der Waals surface area contributed by atoms with Gasteiger partial charge in [0.15, 0.2) is 0 Å². The van der Waals surface area contributed by atoms with Crippen molar-refractivity contribution in [1.82, 2.24) is 0 Å². The average molecular weight is 628 g/mol. The van der Waals surface area contributed by atoms with Gasteiger partial charge in [-0.25, -0.2) is 4.99 Å². The molecule has 0 heterocycles. The summed E-state index contributed by atoms with van der Waals surface area (Å²) in [6.07, 6.45) is 10.6. The van der Waals surface area contributed by atoms with E-state index in [0.29, 0.717) is 0 Å². The Labute approximate surface area is 288 Å². The third-order valence-electron chi connectivity index (χ3n) is 9.83. The zero-order chi connectivity index (χ0) is 33.3. The van der Waals surface area contributed by atoms with E-state index in [-0.39, 0.29) is 0 Å². The fourth-order valence-electron chi connectivity index (χ4n) is 7.33. The third-order valence-corrected chi connectivity index (χ3v) is 9.83. The molecule has 234 valence electrons. The molecule has 1 aliphatic carbocycles. The van der Waals surface area contributed by atoms with E-state index in [2.05, 4.69) is 191 Å². The minimum Gasteiger partial charge on any atom is -0.248 e. The summed E-state index contributed by atoms with van der Waals surface area (Å²) in [6.45, 7) is 6.48. The largest absolute Gasteiger partial charge is 0.248 e. The maximum Gasteiger partial charge on any atom is 0.0712 e. The van der Waals surface area contributed by atoms with Crippen molar-refractivity contribution >= 4 is 49.3 Å². The molecule has 0 fully saturated rings. The van der Waals surface area contributed by atoms with Crippen LogP contribution < -0.4 is 0 Å². The molecule has 7 aromatic carbocycles. The van der Waals surface area contributed by atoms with Crippen LogP contribution in [0.15, 0.2) is 180 Å². The summed E-state index contributed by atoms with van der Waals surface area (Å²) in [5.74, 6) is 0. The van der Waals surface area contributed by atoms with Gasteiger partial charge in [0.2, 0.25) is 0 Å². The van der Waals surface area contributed by atoms with E-state index in [0.717, 1.165) is 22.5 Å². The zero-order valence-corrected chi connectivity index (χ0v) is 28.1. The summed E-state index contributed by atoms with van der Waals surface area (Å²) >= 11 is 0. The molecule has 0 bridgehead atoms. The van der Waals surface area contributed by atoms with Crippen LogP contribution in [0, 0.1) is 6.92 Å². The summed E-state index contributed by atoms with van der Waals surface area (Å²) < 4.78 is 0. The van der Waals surface area contributed by atoms with Gasteiger partial charge in [-0.2, -0.15) is 0 Å². The number of rotatable bonds is 5. The molecular formula is C48H37N. The molecular weight excluding hydrogens is 591 g/mol. The summed E-state index contributed by atoms with van der Waals surface area (Å²) in [5.41, 5.74) is 12.8. The maximum atomic E-state index is 5.27. The van der Waals surface area contributed by atoms with Crippen molar-refractivity contribution in [3.05, 3.63) is 192 Å². The van der Waals surface area contributed by atoms with Crippen LogP contribution in [0.5, 0.6) is 0 Å². The predicted octanol–water partition coefficient (Wildman–Crippen LogP) is 13.2.